The number of fused-ring (bicyclic) bond motifs is 1. The molecule has 5 rings (SSSR count). The molecule has 2 aromatic heterocycles. The molecule has 4 aromatic rings. The summed E-state index contributed by atoms with van der Waals surface area (Å²) in [4.78, 5) is 23.7. The van der Waals surface area contributed by atoms with E-state index in [0.717, 1.165) is 43.1 Å². The Morgan fingerprint density at radius 2 is 1.89 bits per heavy atom. The average Bonchev–Trinajstić information content (AvgIpc) is 3.04. The number of carboxylic acid groups (broad SMARTS) is 1. The van der Waals surface area contributed by atoms with Crippen LogP contribution < -0.4 is 4.90 Å². The number of hydrogen-bond acceptors (Lipinski definition) is 4. The van der Waals surface area contributed by atoms with Gasteiger partial charge in [0.05, 0.1) is 17.3 Å². The zero-order valence-electron chi connectivity index (χ0n) is 20.5. The highest BCUT2D eigenvalue weighted by molar-refractivity contribution is 9.10. The second-order valence-corrected chi connectivity index (χ2v) is 10.4. The zero-order chi connectivity index (χ0) is 25.1. The summed E-state index contributed by atoms with van der Waals surface area (Å²) < 4.78 is 3.23. The van der Waals surface area contributed by atoms with Crippen molar-refractivity contribution in [2.45, 2.75) is 51.0 Å². The van der Waals surface area contributed by atoms with Gasteiger partial charge in [0.25, 0.3) is 0 Å². The predicted octanol–water partition coefficient (Wildman–Crippen LogP) is 6.73. The van der Waals surface area contributed by atoms with Crippen molar-refractivity contribution < 1.29 is 9.90 Å². The number of para-hydroxylation sites is 1. The minimum atomic E-state index is -0.972. The van der Waals surface area contributed by atoms with E-state index in [1.807, 2.05) is 6.07 Å². The Balaban J connectivity index is 1.42. The molecule has 1 N–H and O–H groups in total. The van der Waals surface area contributed by atoms with E-state index in [0.29, 0.717) is 18.1 Å². The van der Waals surface area contributed by atoms with Crippen molar-refractivity contribution in [3.05, 3.63) is 87.8 Å². The van der Waals surface area contributed by atoms with Gasteiger partial charge in [-0.25, -0.2) is 14.8 Å². The quantitative estimate of drug-likeness (QED) is 0.278. The molecule has 36 heavy (non-hydrogen) atoms. The fraction of sp³-hybridized carbons (Fsp3) is 0.345. The SMILES string of the molecule is Cn1cc(CCCc2nc(N3CCCCC[C@H]3c3ccccc3Br)ncc2C(=O)O)c2ccccc21. The van der Waals surface area contributed by atoms with Gasteiger partial charge in [-0.2, -0.15) is 0 Å². The first kappa shape index (κ1) is 24.5. The van der Waals surface area contributed by atoms with Gasteiger partial charge in [-0.05, 0) is 55.4 Å². The summed E-state index contributed by atoms with van der Waals surface area (Å²) in [5, 5.41) is 11.1. The van der Waals surface area contributed by atoms with Crippen molar-refractivity contribution >= 4 is 38.8 Å². The molecule has 186 valence electrons. The van der Waals surface area contributed by atoms with E-state index in [-0.39, 0.29) is 11.6 Å². The van der Waals surface area contributed by atoms with Crippen LogP contribution in [-0.4, -0.2) is 32.2 Å². The monoisotopic (exact) mass is 546 g/mol. The summed E-state index contributed by atoms with van der Waals surface area (Å²) in [5.74, 6) is -0.345. The summed E-state index contributed by atoms with van der Waals surface area (Å²) in [6, 6.07) is 16.9. The summed E-state index contributed by atoms with van der Waals surface area (Å²) in [6.07, 6.45) is 10.4. The fourth-order valence-electron chi connectivity index (χ4n) is 5.40. The van der Waals surface area contributed by atoms with Gasteiger partial charge in [0.1, 0.15) is 0 Å². The highest BCUT2D eigenvalue weighted by Gasteiger charge is 2.27. The summed E-state index contributed by atoms with van der Waals surface area (Å²) >= 11 is 3.73. The molecule has 0 saturated carbocycles. The maximum Gasteiger partial charge on any atom is 0.339 e. The summed E-state index contributed by atoms with van der Waals surface area (Å²) in [5.41, 5.74) is 4.53. The molecule has 1 saturated heterocycles. The van der Waals surface area contributed by atoms with Crippen LogP contribution in [0.1, 0.15) is 65.3 Å². The van der Waals surface area contributed by atoms with E-state index >= 15 is 0 Å². The minimum absolute atomic E-state index is 0.155. The summed E-state index contributed by atoms with van der Waals surface area (Å²) in [7, 11) is 2.06. The Morgan fingerprint density at radius 3 is 2.72 bits per heavy atom. The first-order valence-electron chi connectivity index (χ1n) is 12.7. The molecule has 0 amide bonds. The number of nitrogens with zero attached hydrogens (tertiary/aromatic N) is 4. The Bertz CT molecular complexity index is 1380. The third-order valence-electron chi connectivity index (χ3n) is 7.20. The number of aromatic nitrogens is 3. The lowest BCUT2D eigenvalue weighted by molar-refractivity contribution is 0.0694. The van der Waals surface area contributed by atoms with Crippen LogP contribution in [0.25, 0.3) is 10.9 Å². The Labute approximate surface area is 220 Å². The Morgan fingerprint density at radius 1 is 1.08 bits per heavy atom. The molecule has 7 heteroatoms. The number of anilines is 1. The number of rotatable bonds is 7. The van der Waals surface area contributed by atoms with Gasteiger partial charge >= 0.3 is 5.97 Å². The van der Waals surface area contributed by atoms with Crippen molar-refractivity contribution in [3.63, 3.8) is 0 Å². The van der Waals surface area contributed by atoms with Gasteiger partial charge in [0, 0.05) is 41.4 Å². The van der Waals surface area contributed by atoms with Gasteiger partial charge in [-0.1, -0.05) is 65.2 Å². The molecule has 0 radical (unpaired) electrons. The fourth-order valence-corrected chi connectivity index (χ4v) is 5.95. The molecular formula is C29H31BrN4O2. The number of aromatic carboxylic acids is 1. The molecule has 2 aromatic carbocycles. The van der Waals surface area contributed by atoms with Crippen molar-refractivity contribution in [1.29, 1.82) is 0 Å². The molecule has 0 aliphatic carbocycles. The van der Waals surface area contributed by atoms with E-state index in [2.05, 4.69) is 86.1 Å². The second-order valence-electron chi connectivity index (χ2n) is 9.55. The molecule has 1 atom stereocenters. The van der Waals surface area contributed by atoms with Crippen LogP contribution in [-0.2, 0) is 19.9 Å². The lowest BCUT2D eigenvalue weighted by Gasteiger charge is -2.31. The molecule has 6 nitrogen and oxygen atoms in total. The van der Waals surface area contributed by atoms with Crippen LogP contribution in [0.3, 0.4) is 0 Å². The number of carboxylic acids is 1. The van der Waals surface area contributed by atoms with E-state index in [9.17, 15) is 9.90 Å². The normalized spacial score (nSPS) is 16.3. The number of benzene rings is 2. The number of aryl methyl sites for hydroxylation is 3. The molecule has 3 heterocycles. The third kappa shape index (κ3) is 5.03. The zero-order valence-corrected chi connectivity index (χ0v) is 22.1. The number of hydrogen-bond donors (Lipinski definition) is 1. The Kier molecular flexibility index (Phi) is 7.37. The molecule has 0 spiro atoms. The van der Waals surface area contributed by atoms with E-state index in [4.69, 9.17) is 4.98 Å². The van der Waals surface area contributed by atoms with Crippen LogP contribution in [0.2, 0.25) is 0 Å². The molecular weight excluding hydrogens is 516 g/mol. The van der Waals surface area contributed by atoms with Crippen LogP contribution >= 0.6 is 15.9 Å². The van der Waals surface area contributed by atoms with Gasteiger partial charge in [-0.15, -0.1) is 0 Å². The lowest BCUT2D eigenvalue weighted by Crippen LogP contribution is -2.31. The predicted molar refractivity (Wildman–Crippen MR) is 147 cm³/mol. The van der Waals surface area contributed by atoms with E-state index in [1.54, 1.807) is 0 Å². The highest BCUT2D eigenvalue weighted by atomic mass is 79.9. The standard InChI is InChI=1S/C29H31BrN4O2/c1-33-19-20(21-11-5-7-15-26(21)33)10-9-14-25-23(28(35)36)18-31-29(32-25)34-17-8-2-3-16-27(34)22-12-4-6-13-24(22)30/h4-7,11-13,15,18-19,27H,2-3,8-10,14,16-17H2,1H3,(H,35,36)/t27-/m0/s1. The van der Waals surface area contributed by atoms with Crippen molar-refractivity contribution in [3.8, 4) is 0 Å². The van der Waals surface area contributed by atoms with Gasteiger partial charge < -0.3 is 14.6 Å². The number of halogens is 1. The molecule has 1 aliphatic heterocycles. The van der Waals surface area contributed by atoms with Crippen LogP contribution in [0.5, 0.6) is 0 Å². The first-order chi connectivity index (χ1) is 17.5. The molecule has 0 bridgehead atoms. The largest absolute Gasteiger partial charge is 0.478 e. The first-order valence-corrected chi connectivity index (χ1v) is 13.5. The second kappa shape index (κ2) is 10.8. The van der Waals surface area contributed by atoms with Crippen molar-refractivity contribution in [2.24, 2.45) is 7.05 Å². The van der Waals surface area contributed by atoms with Crippen LogP contribution in [0.15, 0.2) is 65.4 Å². The lowest BCUT2D eigenvalue weighted by atomic mass is 10.0. The maximum absolute atomic E-state index is 12.0. The number of carbonyl (C=O) groups is 1. The van der Waals surface area contributed by atoms with Gasteiger partial charge in [0.2, 0.25) is 5.95 Å². The smallest absolute Gasteiger partial charge is 0.339 e. The molecule has 1 aliphatic rings. The van der Waals surface area contributed by atoms with E-state index in [1.165, 1.54) is 34.6 Å². The maximum atomic E-state index is 12.0. The van der Waals surface area contributed by atoms with Crippen LogP contribution in [0, 0.1) is 0 Å². The molecule has 0 unspecified atom stereocenters. The average molecular weight is 547 g/mol. The van der Waals surface area contributed by atoms with Gasteiger partial charge in [-0.3, -0.25) is 0 Å². The van der Waals surface area contributed by atoms with Crippen molar-refractivity contribution in [1.82, 2.24) is 14.5 Å². The highest BCUT2D eigenvalue weighted by Crippen LogP contribution is 2.36. The minimum Gasteiger partial charge on any atom is -0.478 e. The van der Waals surface area contributed by atoms with E-state index < -0.39 is 5.97 Å². The topological polar surface area (TPSA) is 71.2 Å². The molecule has 1 fully saturated rings. The third-order valence-corrected chi connectivity index (χ3v) is 7.92. The summed E-state index contributed by atoms with van der Waals surface area (Å²) in [6.45, 7) is 0.855. The van der Waals surface area contributed by atoms with Crippen LogP contribution in [0.4, 0.5) is 5.95 Å². The van der Waals surface area contributed by atoms with Gasteiger partial charge in [0.15, 0.2) is 0 Å². The Hall–Kier alpha value is -3.19. The van der Waals surface area contributed by atoms with Crippen molar-refractivity contribution in [2.75, 3.05) is 11.4 Å².